The molecule has 0 heterocycles. The highest BCUT2D eigenvalue weighted by Crippen LogP contribution is 2.62. The maximum Gasteiger partial charge on any atom is 0.259 e. The number of benzene rings is 1. The van der Waals surface area contributed by atoms with E-state index in [0.717, 1.165) is 0 Å². The number of thiol groups is 1. The van der Waals surface area contributed by atoms with Gasteiger partial charge >= 0.3 is 0 Å². The first kappa shape index (κ1) is 11.7. The first-order chi connectivity index (χ1) is 7.55. The molecule has 1 aliphatic carbocycles. The molecule has 1 aromatic carbocycles. The molecule has 0 aliphatic heterocycles. The van der Waals surface area contributed by atoms with Crippen LogP contribution in [0.1, 0.15) is 18.9 Å². The summed E-state index contributed by atoms with van der Waals surface area (Å²) in [6.45, 7) is 2.46. The van der Waals surface area contributed by atoms with Crippen molar-refractivity contribution >= 4 is 12.6 Å². The van der Waals surface area contributed by atoms with Crippen LogP contribution in [0.3, 0.4) is 0 Å². The third kappa shape index (κ3) is 1.69. The van der Waals surface area contributed by atoms with Gasteiger partial charge in [0.25, 0.3) is 5.92 Å². The van der Waals surface area contributed by atoms with Gasteiger partial charge in [-0.05, 0) is 24.6 Å². The Hall–Kier alpha value is -0.770. The Morgan fingerprint density at radius 3 is 2.25 bits per heavy atom. The van der Waals surface area contributed by atoms with Gasteiger partial charge in [0, 0.05) is 12.2 Å². The number of rotatable bonds is 4. The average Bonchev–Trinajstić information content (AvgIpc) is 2.84. The minimum atomic E-state index is -2.61. The van der Waals surface area contributed by atoms with Crippen molar-refractivity contribution < 1.29 is 13.5 Å². The fourth-order valence-electron chi connectivity index (χ4n) is 1.95. The molecule has 2 rings (SSSR count). The number of alkyl halides is 2. The zero-order valence-corrected chi connectivity index (χ0v) is 9.94. The number of hydrogen-bond donors (Lipinski definition) is 1. The highest BCUT2D eigenvalue weighted by atomic mass is 32.1. The van der Waals surface area contributed by atoms with Gasteiger partial charge in [-0.1, -0.05) is 12.1 Å². The summed E-state index contributed by atoms with van der Waals surface area (Å²) in [7, 11) is 0. The summed E-state index contributed by atoms with van der Waals surface area (Å²) in [6.07, 6.45) is -0.0997. The van der Waals surface area contributed by atoms with Gasteiger partial charge in [0.1, 0.15) is 5.75 Å². The molecule has 4 heteroatoms. The van der Waals surface area contributed by atoms with Crippen molar-refractivity contribution in [2.45, 2.75) is 24.7 Å². The predicted octanol–water partition coefficient (Wildman–Crippen LogP) is 3.29. The number of halogens is 2. The highest BCUT2D eigenvalue weighted by Gasteiger charge is 2.70. The Bertz CT molecular complexity index is 377. The van der Waals surface area contributed by atoms with Crippen LogP contribution in [-0.2, 0) is 5.41 Å². The second-order valence-electron chi connectivity index (χ2n) is 4.08. The van der Waals surface area contributed by atoms with E-state index in [-0.39, 0.29) is 12.2 Å². The van der Waals surface area contributed by atoms with E-state index in [1.807, 2.05) is 6.92 Å². The molecule has 0 spiro atoms. The Labute approximate surface area is 99.2 Å². The second kappa shape index (κ2) is 3.91. The molecule has 1 aliphatic rings. The van der Waals surface area contributed by atoms with E-state index < -0.39 is 11.3 Å². The average molecular weight is 244 g/mol. The minimum absolute atomic E-state index is 0.0997. The molecule has 0 radical (unpaired) electrons. The Morgan fingerprint density at radius 2 is 1.88 bits per heavy atom. The summed E-state index contributed by atoms with van der Waals surface area (Å²) >= 11 is 4.04. The summed E-state index contributed by atoms with van der Waals surface area (Å²) in [5.74, 6) is -1.72. The van der Waals surface area contributed by atoms with Crippen LogP contribution in [0.2, 0.25) is 0 Å². The summed E-state index contributed by atoms with van der Waals surface area (Å²) in [5.41, 5.74) is -0.406. The van der Waals surface area contributed by atoms with Crippen LogP contribution in [0.15, 0.2) is 24.3 Å². The van der Waals surface area contributed by atoms with Gasteiger partial charge in [0.05, 0.1) is 12.0 Å². The molecule has 1 atom stereocenters. The number of ether oxygens (including phenoxy) is 1. The van der Waals surface area contributed by atoms with Gasteiger partial charge in [-0.25, -0.2) is 8.78 Å². The Kier molecular flexibility index (Phi) is 2.86. The standard InChI is InChI=1S/C12H14F2OS/c1-2-15-10-5-3-9(4-6-10)11(8-16)7-12(11,13)14/h3-6,16H,2,7-8H2,1H3. The lowest BCUT2D eigenvalue weighted by molar-refractivity contribution is 0.0931. The summed E-state index contributed by atoms with van der Waals surface area (Å²) in [6, 6.07) is 6.89. The molecule has 0 aromatic heterocycles. The normalized spacial score (nSPS) is 26.5. The van der Waals surface area contributed by atoms with Gasteiger partial charge in [-0.3, -0.25) is 0 Å². The van der Waals surface area contributed by atoms with Crippen LogP contribution < -0.4 is 4.74 Å². The maximum absolute atomic E-state index is 13.3. The summed E-state index contributed by atoms with van der Waals surface area (Å²) in [4.78, 5) is 0. The van der Waals surface area contributed by atoms with E-state index in [4.69, 9.17) is 4.74 Å². The molecule has 0 amide bonds. The van der Waals surface area contributed by atoms with Crippen molar-refractivity contribution in [1.29, 1.82) is 0 Å². The fraction of sp³-hybridized carbons (Fsp3) is 0.500. The van der Waals surface area contributed by atoms with Crippen molar-refractivity contribution in [2.75, 3.05) is 12.4 Å². The van der Waals surface area contributed by atoms with Crippen molar-refractivity contribution in [1.82, 2.24) is 0 Å². The second-order valence-corrected chi connectivity index (χ2v) is 4.40. The van der Waals surface area contributed by atoms with Crippen LogP contribution in [0.5, 0.6) is 5.75 Å². The Balaban J connectivity index is 2.22. The molecule has 1 saturated carbocycles. The van der Waals surface area contributed by atoms with Crippen molar-refractivity contribution in [3.05, 3.63) is 29.8 Å². The van der Waals surface area contributed by atoms with Gasteiger partial charge in [0.2, 0.25) is 0 Å². The molecular formula is C12H14F2OS. The van der Waals surface area contributed by atoms with E-state index in [2.05, 4.69) is 12.6 Å². The zero-order valence-electron chi connectivity index (χ0n) is 9.04. The topological polar surface area (TPSA) is 9.23 Å². The van der Waals surface area contributed by atoms with Crippen LogP contribution in [0.25, 0.3) is 0 Å². The molecule has 1 fully saturated rings. The highest BCUT2D eigenvalue weighted by molar-refractivity contribution is 7.80. The Morgan fingerprint density at radius 1 is 1.31 bits per heavy atom. The lowest BCUT2D eigenvalue weighted by atomic mass is 9.97. The summed E-state index contributed by atoms with van der Waals surface area (Å²) in [5, 5.41) is 0. The fourth-order valence-corrected chi connectivity index (χ4v) is 2.47. The van der Waals surface area contributed by atoms with E-state index in [1.54, 1.807) is 24.3 Å². The monoisotopic (exact) mass is 244 g/mol. The largest absolute Gasteiger partial charge is 0.494 e. The van der Waals surface area contributed by atoms with Gasteiger partial charge in [0.15, 0.2) is 0 Å². The molecule has 1 aromatic rings. The molecule has 16 heavy (non-hydrogen) atoms. The van der Waals surface area contributed by atoms with Crippen molar-refractivity contribution in [2.24, 2.45) is 0 Å². The van der Waals surface area contributed by atoms with Crippen LogP contribution >= 0.6 is 12.6 Å². The van der Waals surface area contributed by atoms with Crippen molar-refractivity contribution in [3.8, 4) is 5.75 Å². The summed E-state index contributed by atoms with van der Waals surface area (Å²) < 4.78 is 31.9. The van der Waals surface area contributed by atoms with Crippen LogP contribution in [0, 0.1) is 0 Å². The van der Waals surface area contributed by atoms with E-state index in [9.17, 15) is 8.78 Å². The molecule has 88 valence electrons. The SMILES string of the molecule is CCOc1ccc(C2(CS)CC2(F)F)cc1. The maximum atomic E-state index is 13.3. The molecular weight excluding hydrogens is 230 g/mol. The third-order valence-electron chi connectivity index (χ3n) is 3.09. The van der Waals surface area contributed by atoms with Gasteiger partial charge in [-0.2, -0.15) is 12.6 Å². The molecule has 0 saturated heterocycles. The van der Waals surface area contributed by atoms with Crippen LogP contribution in [-0.4, -0.2) is 18.3 Å². The lowest BCUT2D eigenvalue weighted by Crippen LogP contribution is -2.18. The first-order valence-corrected chi connectivity index (χ1v) is 5.91. The minimum Gasteiger partial charge on any atom is -0.494 e. The molecule has 1 unspecified atom stereocenters. The first-order valence-electron chi connectivity index (χ1n) is 5.28. The van der Waals surface area contributed by atoms with Crippen molar-refractivity contribution in [3.63, 3.8) is 0 Å². The van der Waals surface area contributed by atoms with Gasteiger partial charge < -0.3 is 4.74 Å². The van der Waals surface area contributed by atoms with Crippen LogP contribution in [0.4, 0.5) is 8.78 Å². The quantitative estimate of drug-likeness (QED) is 0.800. The third-order valence-corrected chi connectivity index (χ3v) is 3.63. The molecule has 0 bridgehead atoms. The number of hydrogen-bond acceptors (Lipinski definition) is 2. The van der Waals surface area contributed by atoms with E-state index in [1.165, 1.54) is 0 Å². The lowest BCUT2D eigenvalue weighted by Gasteiger charge is -2.14. The predicted molar refractivity (Wildman–Crippen MR) is 62.7 cm³/mol. The van der Waals surface area contributed by atoms with E-state index >= 15 is 0 Å². The molecule has 0 N–H and O–H groups in total. The van der Waals surface area contributed by atoms with E-state index in [0.29, 0.717) is 17.9 Å². The smallest absolute Gasteiger partial charge is 0.259 e. The van der Waals surface area contributed by atoms with Gasteiger partial charge in [-0.15, -0.1) is 0 Å². The zero-order chi connectivity index (χ0) is 11.8. The molecule has 1 nitrogen and oxygen atoms in total.